The minimum absolute atomic E-state index is 0.127. The molecule has 0 N–H and O–H groups in total. The molecule has 0 aromatic heterocycles. The second-order valence-electron chi connectivity index (χ2n) is 8.03. The zero-order chi connectivity index (χ0) is 22.8. The van der Waals surface area contributed by atoms with Gasteiger partial charge in [0.05, 0.1) is 17.7 Å². The Hall–Kier alpha value is -3.28. The third-order valence-electron chi connectivity index (χ3n) is 5.82. The van der Waals surface area contributed by atoms with Crippen LogP contribution in [-0.2, 0) is 13.0 Å². The number of ketones is 1. The van der Waals surface area contributed by atoms with Crippen molar-refractivity contribution in [1.29, 1.82) is 0 Å². The molecule has 168 valence electrons. The van der Waals surface area contributed by atoms with Crippen molar-refractivity contribution < 1.29 is 19.0 Å². The molecule has 0 saturated carbocycles. The fourth-order valence-electron chi connectivity index (χ4n) is 4.11. The summed E-state index contributed by atoms with van der Waals surface area (Å²) in [4.78, 5) is 15.3. The average Bonchev–Trinajstić information content (AvgIpc) is 3.15. The molecule has 0 saturated heterocycles. The minimum Gasteiger partial charge on any atom is -0.493 e. The number of hydrogen-bond acceptors (Lipinski definition) is 5. The highest BCUT2D eigenvalue weighted by molar-refractivity contribution is 6.30. The SMILES string of the molecule is CCOc1ccccc1/C=C1\Oc2c(ccc3c2CN(CCc2ccc(Cl)cc2)CO3)C1=O. The summed E-state index contributed by atoms with van der Waals surface area (Å²) in [6.45, 7) is 4.46. The molecule has 2 aliphatic heterocycles. The number of nitrogens with zero attached hydrogens (tertiary/aromatic N) is 1. The molecular formula is C27H24ClNO4. The minimum atomic E-state index is -0.127. The second kappa shape index (κ2) is 9.30. The molecule has 0 radical (unpaired) electrons. The lowest BCUT2D eigenvalue weighted by Gasteiger charge is -2.29. The number of carbonyl (C=O) groups is 1. The lowest BCUT2D eigenvalue weighted by molar-refractivity contribution is 0.0950. The van der Waals surface area contributed by atoms with Crippen molar-refractivity contribution in [3.05, 3.63) is 93.7 Å². The topological polar surface area (TPSA) is 48.0 Å². The molecule has 5 nitrogen and oxygen atoms in total. The van der Waals surface area contributed by atoms with Crippen LogP contribution in [0.1, 0.15) is 34.0 Å². The normalized spacial score (nSPS) is 16.2. The molecule has 0 amide bonds. The summed E-state index contributed by atoms with van der Waals surface area (Å²) in [6.07, 6.45) is 2.63. The van der Waals surface area contributed by atoms with Gasteiger partial charge < -0.3 is 14.2 Å². The molecule has 33 heavy (non-hydrogen) atoms. The first kappa shape index (κ1) is 21.6. The molecule has 3 aromatic carbocycles. The number of benzene rings is 3. The maximum Gasteiger partial charge on any atom is 0.231 e. The smallest absolute Gasteiger partial charge is 0.231 e. The standard InChI is InChI=1S/C27H24ClNO4/c1-2-31-23-6-4-3-5-19(23)15-25-26(30)21-11-12-24-22(27(21)33-25)16-29(17-32-24)14-13-18-7-9-20(28)10-8-18/h3-12,15H,2,13-14,16-17H2,1H3/b25-15-. The van der Waals surface area contributed by atoms with Gasteiger partial charge in [-0.3, -0.25) is 9.69 Å². The van der Waals surface area contributed by atoms with Crippen LogP contribution in [0.25, 0.3) is 6.08 Å². The zero-order valence-corrected chi connectivity index (χ0v) is 19.1. The number of ether oxygens (including phenoxy) is 3. The van der Waals surface area contributed by atoms with Crippen molar-refractivity contribution >= 4 is 23.5 Å². The quantitative estimate of drug-likeness (QED) is 0.437. The second-order valence-corrected chi connectivity index (χ2v) is 8.47. The molecule has 0 bridgehead atoms. The number of halogens is 1. The Bertz CT molecular complexity index is 1220. The first-order valence-electron chi connectivity index (χ1n) is 11.0. The van der Waals surface area contributed by atoms with Crippen LogP contribution in [0, 0.1) is 0 Å². The van der Waals surface area contributed by atoms with Gasteiger partial charge in [-0.2, -0.15) is 0 Å². The summed E-state index contributed by atoms with van der Waals surface area (Å²) in [6, 6.07) is 19.2. The Morgan fingerprint density at radius 1 is 1.09 bits per heavy atom. The van der Waals surface area contributed by atoms with Gasteiger partial charge in [0.25, 0.3) is 0 Å². The largest absolute Gasteiger partial charge is 0.493 e. The third-order valence-corrected chi connectivity index (χ3v) is 6.07. The van der Waals surface area contributed by atoms with Crippen molar-refractivity contribution in [1.82, 2.24) is 4.90 Å². The maximum atomic E-state index is 13.1. The van der Waals surface area contributed by atoms with E-state index in [0.717, 1.165) is 40.6 Å². The van der Waals surface area contributed by atoms with E-state index < -0.39 is 0 Å². The monoisotopic (exact) mass is 461 g/mol. The molecule has 0 unspecified atom stereocenters. The summed E-state index contributed by atoms with van der Waals surface area (Å²) in [7, 11) is 0. The summed E-state index contributed by atoms with van der Waals surface area (Å²) >= 11 is 5.99. The number of fused-ring (bicyclic) bond motifs is 3. The number of hydrogen-bond donors (Lipinski definition) is 0. The summed E-state index contributed by atoms with van der Waals surface area (Å²) in [5, 5.41) is 0.735. The molecule has 0 atom stereocenters. The van der Waals surface area contributed by atoms with Crippen LogP contribution in [-0.4, -0.2) is 30.6 Å². The molecular weight excluding hydrogens is 438 g/mol. The van der Waals surface area contributed by atoms with Crippen molar-refractivity contribution in [3.8, 4) is 17.2 Å². The van der Waals surface area contributed by atoms with Crippen LogP contribution in [0.5, 0.6) is 17.2 Å². The van der Waals surface area contributed by atoms with Crippen molar-refractivity contribution in [2.75, 3.05) is 19.9 Å². The Morgan fingerprint density at radius 3 is 2.73 bits per heavy atom. The van der Waals surface area contributed by atoms with Crippen LogP contribution < -0.4 is 14.2 Å². The molecule has 0 fully saturated rings. The van der Waals surface area contributed by atoms with E-state index >= 15 is 0 Å². The average molecular weight is 462 g/mol. The molecule has 6 heteroatoms. The molecule has 3 aromatic rings. The number of rotatable bonds is 6. The fourth-order valence-corrected chi connectivity index (χ4v) is 4.24. The highest BCUT2D eigenvalue weighted by atomic mass is 35.5. The van der Waals surface area contributed by atoms with E-state index in [1.54, 1.807) is 12.1 Å². The molecule has 5 rings (SSSR count). The number of allylic oxidation sites excluding steroid dienone is 1. The summed E-state index contributed by atoms with van der Waals surface area (Å²) < 4.78 is 17.8. The van der Waals surface area contributed by atoms with Gasteiger partial charge in [0, 0.05) is 23.7 Å². The number of para-hydroxylation sites is 1. The van der Waals surface area contributed by atoms with Crippen LogP contribution in [0.4, 0.5) is 0 Å². The van der Waals surface area contributed by atoms with E-state index in [0.29, 0.717) is 37.0 Å². The first-order valence-corrected chi connectivity index (χ1v) is 11.4. The van der Waals surface area contributed by atoms with Gasteiger partial charge in [-0.25, -0.2) is 0 Å². The van der Waals surface area contributed by atoms with Crippen LogP contribution in [0.3, 0.4) is 0 Å². The maximum absolute atomic E-state index is 13.1. The Balaban J connectivity index is 1.36. The van der Waals surface area contributed by atoms with Crippen molar-refractivity contribution in [2.45, 2.75) is 19.9 Å². The molecule has 0 spiro atoms. The summed E-state index contributed by atoms with van der Waals surface area (Å²) in [5.74, 6) is 2.24. The van der Waals surface area contributed by atoms with E-state index in [2.05, 4.69) is 4.90 Å². The van der Waals surface area contributed by atoms with E-state index in [1.807, 2.05) is 61.5 Å². The van der Waals surface area contributed by atoms with E-state index in [9.17, 15) is 4.79 Å². The van der Waals surface area contributed by atoms with Gasteiger partial charge in [0.2, 0.25) is 5.78 Å². The van der Waals surface area contributed by atoms with E-state index in [-0.39, 0.29) is 5.78 Å². The lowest BCUT2D eigenvalue weighted by Crippen LogP contribution is -2.33. The third kappa shape index (κ3) is 4.47. The number of Topliss-reactive ketones (excluding diaryl/α,β-unsaturated/α-hetero) is 1. The predicted molar refractivity (Wildman–Crippen MR) is 128 cm³/mol. The van der Waals surface area contributed by atoms with Crippen molar-refractivity contribution in [2.24, 2.45) is 0 Å². The highest BCUT2D eigenvalue weighted by Gasteiger charge is 2.33. The van der Waals surface area contributed by atoms with E-state index in [4.69, 9.17) is 25.8 Å². The van der Waals surface area contributed by atoms with Crippen LogP contribution in [0.2, 0.25) is 5.02 Å². The zero-order valence-electron chi connectivity index (χ0n) is 18.3. The Labute approximate surface area is 198 Å². The van der Waals surface area contributed by atoms with Crippen LogP contribution in [0.15, 0.2) is 66.4 Å². The van der Waals surface area contributed by atoms with E-state index in [1.165, 1.54) is 5.56 Å². The highest BCUT2D eigenvalue weighted by Crippen LogP contribution is 2.42. The van der Waals surface area contributed by atoms with Gasteiger partial charge >= 0.3 is 0 Å². The van der Waals surface area contributed by atoms with Gasteiger partial charge in [-0.15, -0.1) is 0 Å². The summed E-state index contributed by atoms with van der Waals surface area (Å²) in [5.41, 5.74) is 3.50. The van der Waals surface area contributed by atoms with Gasteiger partial charge in [0.15, 0.2) is 5.76 Å². The first-order chi connectivity index (χ1) is 16.1. The van der Waals surface area contributed by atoms with Crippen molar-refractivity contribution in [3.63, 3.8) is 0 Å². The van der Waals surface area contributed by atoms with Gasteiger partial charge in [-0.1, -0.05) is 41.9 Å². The van der Waals surface area contributed by atoms with Crippen LogP contribution >= 0.6 is 11.6 Å². The lowest BCUT2D eigenvalue weighted by atomic mass is 10.0. The van der Waals surface area contributed by atoms with Gasteiger partial charge in [-0.05, 0) is 55.3 Å². The van der Waals surface area contributed by atoms with Gasteiger partial charge in [0.1, 0.15) is 24.0 Å². The Kier molecular flexibility index (Phi) is 6.07. The Morgan fingerprint density at radius 2 is 1.91 bits per heavy atom. The molecule has 2 aliphatic rings. The predicted octanol–water partition coefficient (Wildman–Crippen LogP) is 5.75. The fraction of sp³-hybridized carbons (Fsp3) is 0.222. The molecule has 0 aliphatic carbocycles. The number of carbonyl (C=O) groups excluding carboxylic acids is 1. The molecule has 2 heterocycles.